The largest absolute Gasteiger partial charge is 0.368 e. The summed E-state index contributed by atoms with van der Waals surface area (Å²) in [4.78, 5) is 40.8. The van der Waals surface area contributed by atoms with Crippen molar-refractivity contribution in [2.45, 2.75) is 25.4 Å². The maximum atomic E-state index is 13.0. The first kappa shape index (κ1) is 21.5. The van der Waals surface area contributed by atoms with Crippen molar-refractivity contribution in [3.63, 3.8) is 0 Å². The Kier molecular flexibility index (Phi) is 7.19. The van der Waals surface area contributed by atoms with Gasteiger partial charge in [0.2, 0.25) is 11.8 Å². The number of nitrogens with one attached hydrogen (secondary N) is 1. The zero-order valence-corrected chi connectivity index (χ0v) is 17.2. The van der Waals surface area contributed by atoms with Crippen LogP contribution in [-0.2, 0) is 9.59 Å². The SMILES string of the molecule is CC(C(N)=O)N1CCN(C(=O)CC(NC(=O)c2ccccc2)c2ccccc2)CC1. The highest BCUT2D eigenvalue weighted by molar-refractivity contribution is 5.94. The zero-order valence-electron chi connectivity index (χ0n) is 17.2. The lowest BCUT2D eigenvalue weighted by Crippen LogP contribution is -2.54. The van der Waals surface area contributed by atoms with E-state index in [0.29, 0.717) is 31.7 Å². The molecule has 3 amide bonds. The Labute approximate surface area is 176 Å². The van der Waals surface area contributed by atoms with Crippen LogP contribution in [0.1, 0.15) is 35.3 Å². The van der Waals surface area contributed by atoms with Gasteiger partial charge in [-0.1, -0.05) is 48.5 Å². The van der Waals surface area contributed by atoms with Gasteiger partial charge in [-0.05, 0) is 24.6 Å². The Bertz CT molecular complexity index is 865. The van der Waals surface area contributed by atoms with E-state index in [-0.39, 0.29) is 30.2 Å². The van der Waals surface area contributed by atoms with Crippen LogP contribution in [0.15, 0.2) is 60.7 Å². The van der Waals surface area contributed by atoms with Gasteiger partial charge in [0.15, 0.2) is 0 Å². The molecule has 2 unspecified atom stereocenters. The van der Waals surface area contributed by atoms with Gasteiger partial charge in [-0.25, -0.2) is 0 Å². The number of hydrogen-bond donors (Lipinski definition) is 2. The molecule has 0 bridgehead atoms. The summed E-state index contributed by atoms with van der Waals surface area (Å²) in [6, 6.07) is 17.7. The smallest absolute Gasteiger partial charge is 0.251 e. The number of carbonyl (C=O) groups excluding carboxylic acids is 3. The lowest BCUT2D eigenvalue weighted by Gasteiger charge is -2.37. The highest BCUT2D eigenvalue weighted by Gasteiger charge is 2.28. The maximum Gasteiger partial charge on any atom is 0.251 e. The number of rotatable bonds is 7. The molecule has 2 aromatic rings. The van der Waals surface area contributed by atoms with Gasteiger partial charge in [-0.15, -0.1) is 0 Å². The van der Waals surface area contributed by atoms with E-state index in [1.807, 2.05) is 53.4 Å². The molecule has 1 fully saturated rings. The van der Waals surface area contributed by atoms with Crippen LogP contribution in [0.4, 0.5) is 0 Å². The van der Waals surface area contributed by atoms with Crippen LogP contribution in [-0.4, -0.2) is 59.7 Å². The molecule has 7 nitrogen and oxygen atoms in total. The number of nitrogens with two attached hydrogens (primary N) is 1. The van der Waals surface area contributed by atoms with Gasteiger partial charge in [-0.2, -0.15) is 0 Å². The molecule has 1 saturated heterocycles. The third-order valence-corrected chi connectivity index (χ3v) is 5.55. The van der Waals surface area contributed by atoms with Crippen LogP contribution in [0.2, 0.25) is 0 Å². The molecule has 0 spiro atoms. The summed E-state index contributed by atoms with van der Waals surface area (Å²) in [5.41, 5.74) is 6.83. The molecule has 30 heavy (non-hydrogen) atoms. The Morgan fingerprint density at radius 1 is 0.933 bits per heavy atom. The van der Waals surface area contributed by atoms with Crippen molar-refractivity contribution in [2.24, 2.45) is 5.73 Å². The van der Waals surface area contributed by atoms with Crippen molar-refractivity contribution in [3.05, 3.63) is 71.8 Å². The lowest BCUT2D eigenvalue weighted by atomic mass is 10.0. The van der Waals surface area contributed by atoms with Crippen molar-refractivity contribution >= 4 is 17.7 Å². The molecule has 2 atom stereocenters. The van der Waals surface area contributed by atoms with Gasteiger partial charge in [0.1, 0.15) is 0 Å². The fourth-order valence-electron chi connectivity index (χ4n) is 3.61. The van der Waals surface area contributed by atoms with E-state index in [9.17, 15) is 14.4 Å². The van der Waals surface area contributed by atoms with Gasteiger partial charge >= 0.3 is 0 Å². The molecule has 0 radical (unpaired) electrons. The molecule has 7 heteroatoms. The molecule has 2 aromatic carbocycles. The van der Waals surface area contributed by atoms with Crippen molar-refractivity contribution in [1.82, 2.24) is 15.1 Å². The maximum absolute atomic E-state index is 13.0. The molecule has 3 rings (SSSR count). The van der Waals surface area contributed by atoms with Crippen molar-refractivity contribution in [3.8, 4) is 0 Å². The molecule has 1 aliphatic heterocycles. The van der Waals surface area contributed by atoms with Crippen LogP contribution >= 0.6 is 0 Å². The number of primary amides is 1. The first-order valence-corrected chi connectivity index (χ1v) is 10.2. The fraction of sp³-hybridized carbons (Fsp3) is 0.348. The molecule has 158 valence electrons. The van der Waals surface area contributed by atoms with Gasteiger partial charge in [0, 0.05) is 31.7 Å². The molecular weight excluding hydrogens is 380 g/mol. The first-order valence-electron chi connectivity index (χ1n) is 10.2. The summed E-state index contributed by atoms with van der Waals surface area (Å²) in [6.07, 6.45) is 0.175. The van der Waals surface area contributed by atoms with Crippen LogP contribution in [0.3, 0.4) is 0 Å². The second-order valence-electron chi connectivity index (χ2n) is 7.50. The van der Waals surface area contributed by atoms with Crippen LogP contribution < -0.4 is 11.1 Å². The fourth-order valence-corrected chi connectivity index (χ4v) is 3.61. The van der Waals surface area contributed by atoms with E-state index in [4.69, 9.17) is 5.73 Å². The van der Waals surface area contributed by atoms with E-state index < -0.39 is 6.04 Å². The minimum atomic E-state index is -0.422. The van der Waals surface area contributed by atoms with Crippen LogP contribution in [0, 0.1) is 0 Å². The molecule has 1 aliphatic rings. The van der Waals surface area contributed by atoms with Crippen LogP contribution in [0.5, 0.6) is 0 Å². The van der Waals surface area contributed by atoms with Crippen LogP contribution in [0.25, 0.3) is 0 Å². The summed E-state index contributed by atoms with van der Waals surface area (Å²) in [5, 5.41) is 3.00. The summed E-state index contributed by atoms with van der Waals surface area (Å²) >= 11 is 0. The highest BCUT2D eigenvalue weighted by Crippen LogP contribution is 2.20. The Morgan fingerprint density at radius 3 is 2.07 bits per heavy atom. The second-order valence-corrected chi connectivity index (χ2v) is 7.50. The minimum Gasteiger partial charge on any atom is -0.368 e. The molecule has 0 saturated carbocycles. The van der Waals surface area contributed by atoms with Gasteiger partial charge in [0.25, 0.3) is 5.91 Å². The number of amides is 3. The van der Waals surface area contributed by atoms with Gasteiger partial charge in [0.05, 0.1) is 18.5 Å². The third-order valence-electron chi connectivity index (χ3n) is 5.55. The lowest BCUT2D eigenvalue weighted by molar-refractivity contribution is -0.134. The van der Waals surface area contributed by atoms with Gasteiger partial charge < -0.3 is 16.0 Å². The highest BCUT2D eigenvalue weighted by atomic mass is 16.2. The normalized spacial score (nSPS) is 16.5. The third kappa shape index (κ3) is 5.45. The summed E-state index contributed by atoms with van der Waals surface area (Å²) in [5.74, 6) is -0.594. The van der Waals surface area contributed by atoms with Crippen molar-refractivity contribution in [1.29, 1.82) is 0 Å². The van der Waals surface area contributed by atoms with Crippen molar-refractivity contribution in [2.75, 3.05) is 26.2 Å². The summed E-state index contributed by atoms with van der Waals surface area (Å²) in [6.45, 7) is 4.05. The minimum absolute atomic E-state index is 0.0245. The van der Waals surface area contributed by atoms with E-state index in [1.165, 1.54) is 0 Å². The molecule has 0 aliphatic carbocycles. The van der Waals surface area contributed by atoms with E-state index in [1.54, 1.807) is 24.0 Å². The topological polar surface area (TPSA) is 95.7 Å². The standard InChI is InChI=1S/C23H28N4O3/c1-17(22(24)29)26-12-14-27(15-13-26)21(28)16-20(18-8-4-2-5-9-18)25-23(30)19-10-6-3-7-11-19/h2-11,17,20H,12-16H2,1H3,(H2,24,29)(H,25,30). The Balaban J connectivity index is 1.65. The number of hydrogen-bond acceptors (Lipinski definition) is 4. The molecule has 1 heterocycles. The zero-order chi connectivity index (χ0) is 21.5. The van der Waals surface area contributed by atoms with Crippen molar-refractivity contribution < 1.29 is 14.4 Å². The van der Waals surface area contributed by atoms with Gasteiger partial charge in [-0.3, -0.25) is 19.3 Å². The number of piperazine rings is 1. The number of benzene rings is 2. The average molecular weight is 409 g/mol. The van der Waals surface area contributed by atoms with E-state index in [0.717, 1.165) is 5.56 Å². The Hall–Kier alpha value is -3.19. The molecule has 0 aromatic heterocycles. The predicted molar refractivity (Wildman–Crippen MR) is 115 cm³/mol. The number of carbonyl (C=O) groups is 3. The average Bonchev–Trinajstić information content (AvgIpc) is 2.79. The summed E-state index contributed by atoms with van der Waals surface area (Å²) < 4.78 is 0. The Morgan fingerprint density at radius 2 is 1.50 bits per heavy atom. The first-order chi connectivity index (χ1) is 14.5. The van der Waals surface area contributed by atoms with E-state index in [2.05, 4.69) is 5.32 Å². The second kappa shape index (κ2) is 10.0. The number of nitrogens with zero attached hydrogens (tertiary/aromatic N) is 2. The molecular formula is C23H28N4O3. The monoisotopic (exact) mass is 408 g/mol. The molecule has 3 N–H and O–H groups in total. The quantitative estimate of drug-likeness (QED) is 0.727. The predicted octanol–water partition coefficient (Wildman–Crippen LogP) is 1.57. The van der Waals surface area contributed by atoms with E-state index >= 15 is 0 Å². The summed E-state index contributed by atoms with van der Waals surface area (Å²) in [7, 11) is 0.